The molecule has 14 heavy (non-hydrogen) atoms. The van der Waals surface area contributed by atoms with Crippen molar-refractivity contribution in [3.05, 3.63) is 23.8 Å². The fraction of sp³-hybridized carbons (Fsp3) is 0.300. The Bertz CT molecular complexity index is 333. The number of hydrogen-bond donors (Lipinski definition) is 1. The van der Waals surface area contributed by atoms with E-state index in [4.69, 9.17) is 9.84 Å². The molecule has 4 nitrogen and oxygen atoms in total. The molecule has 0 radical (unpaired) electrons. The Morgan fingerprint density at radius 1 is 1.57 bits per heavy atom. The zero-order valence-corrected chi connectivity index (χ0v) is 7.82. The van der Waals surface area contributed by atoms with Gasteiger partial charge in [-0.15, -0.1) is 0 Å². The number of aliphatic carboxylic acids is 1. The average Bonchev–Trinajstić information content (AvgIpc) is 2.15. The molecule has 0 aromatic heterocycles. The van der Waals surface area contributed by atoms with Gasteiger partial charge in [0.15, 0.2) is 0 Å². The summed E-state index contributed by atoms with van der Waals surface area (Å²) >= 11 is 0. The third kappa shape index (κ3) is 2.65. The van der Waals surface area contributed by atoms with E-state index in [0.29, 0.717) is 12.2 Å². The molecule has 0 saturated carbocycles. The van der Waals surface area contributed by atoms with Crippen LogP contribution in [0.25, 0.3) is 0 Å². The molecule has 0 unspecified atom stereocenters. The number of hydrogen-bond acceptors (Lipinski definition) is 4. The van der Waals surface area contributed by atoms with E-state index < -0.39 is 5.97 Å². The molecule has 0 bridgehead atoms. The van der Waals surface area contributed by atoms with Crippen LogP contribution in [0, 0.1) is 0 Å². The number of carboxylic acid groups (broad SMARTS) is 1. The molecule has 0 aliphatic rings. The number of carbonyl (C=O) groups is 1. The molecule has 76 valence electrons. The summed E-state index contributed by atoms with van der Waals surface area (Å²) in [7, 11) is 1.47. The Kier molecular flexibility index (Phi) is 3.34. The Hall–Kier alpha value is -1.71. The predicted octanol–water partition coefficient (Wildman–Crippen LogP) is 0.0833. The predicted molar refractivity (Wildman–Crippen MR) is 48.0 cm³/mol. The van der Waals surface area contributed by atoms with Gasteiger partial charge in [0.2, 0.25) is 0 Å². The minimum absolute atomic E-state index is 0.0544. The van der Waals surface area contributed by atoms with Crippen LogP contribution in [0.15, 0.2) is 18.2 Å². The number of phenolic OH excluding ortho intramolecular Hbond substituents is 1. The fourth-order valence-electron chi connectivity index (χ4n) is 1.18. The molecule has 0 fully saturated rings. The van der Waals surface area contributed by atoms with Crippen molar-refractivity contribution in [3.8, 4) is 11.5 Å². The number of phenols is 1. The summed E-state index contributed by atoms with van der Waals surface area (Å²) < 4.78 is 4.99. The van der Waals surface area contributed by atoms with E-state index in [-0.39, 0.29) is 12.2 Å². The second kappa shape index (κ2) is 4.50. The highest BCUT2D eigenvalue weighted by Gasteiger charge is 2.03. The molecular formula is C10H11O4-. The lowest BCUT2D eigenvalue weighted by Gasteiger charge is -2.08. The summed E-state index contributed by atoms with van der Waals surface area (Å²) in [6.07, 6.45) is 0.285. The van der Waals surface area contributed by atoms with E-state index in [1.165, 1.54) is 19.2 Å². The number of benzene rings is 1. The molecule has 0 aliphatic carbocycles. The standard InChI is InChI=1S/C10H12O4/c1-14-9-6-8(11)4-2-7(9)3-5-10(12)13/h2,4,6,11H,3,5H2,1H3,(H,12,13)/p-1. The smallest absolute Gasteiger partial charge is 0.125 e. The van der Waals surface area contributed by atoms with Gasteiger partial charge in [0.25, 0.3) is 0 Å². The minimum Gasteiger partial charge on any atom is -0.550 e. The number of aromatic hydroxyl groups is 1. The Morgan fingerprint density at radius 2 is 2.29 bits per heavy atom. The van der Waals surface area contributed by atoms with Crippen molar-refractivity contribution in [1.82, 2.24) is 0 Å². The van der Waals surface area contributed by atoms with Crippen LogP contribution in [0.1, 0.15) is 12.0 Å². The largest absolute Gasteiger partial charge is 0.550 e. The normalized spacial score (nSPS) is 9.79. The molecule has 1 aromatic carbocycles. The summed E-state index contributed by atoms with van der Waals surface area (Å²) in [6.45, 7) is 0. The summed E-state index contributed by atoms with van der Waals surface area (Å²) in [5.74, 6) is -0.509. The quantitative estimate of drug-likeness (QED) is 0.738. The van der Waals surface area contributed by atoms with Crippen molar-refractivity contribution >= 4 is 5.97 Å². The van der Waals surface area contributed by atoms with Gasteiger partial charge in [-0.3, -0.25) is 0 Å². The van der Waals surface area contributed by atoms with E-state index in [0.717, 1.165) is 5.56 Å². The first-order valence-electron chi connectivity index (χ1n) is 4.19. The maximum atomic E-state index is 10.2. The van der Waals surface area contributed by atoms with Crippen LogP contribution >= 0.6 is 0 Å². The fourth-order valence-corrected chi connectivity index (χ4v) is 1.18. The van der Waals surface area contributed by atoms with Crippen LogP contribution in [0.4, 0.5) is 0 Å². The number of methoxy groups -OCH3 is 1. The summed E-state index contributed by atoms with van der Waals surface area (Å²) in [5.41, 5.74) is 0.745. The number of carbonyl (C=O) groups excluding carboxylic acids is 1. The zero-order chi connectivity index (χ0) is 10.6. The summed E-state index contributed by atoms with van der Waals surface area (Å²) in [6, 6.07) is 4.58. The van der Waals surface area contributed by atoms with E-state index in [9.17, 15) is 9.90 Å². The monoisotopic (exact) mass is 195 g/mol. The molecule has 0 atom stereocenters. The van der Waals surface area contributed by atoms with Crippen LogP contribution in [-0.4, -0.2) is 18.2 Å². The van der Waals surface area contributed by atoms with E-state index in [2.05, 4.69) is 0 Å². The second-order valence-electron chi connectivity index (χ2n) is 2.87. The van der Waals surface area contributed by atoms with Crippen LogP contribution < -0.4 is 9.84 Å². The Balaban J connectivity index is 2.80. The first kappa shape index (κ1) is 10.4. The lowest BCUT2D eigenvalue weighted by atomic mass is 10.1. The van der Waals surface area contributed by atoms with Gasteiger partial charge < -0.3 is 19.7 Å². The molecule has 1 rings (SSSR count). The molecular weight excluding hydrogens is 184 g/mol. The van der Waals surface area contributed by atoms with Crippen LogP contribution in [0.2, 0.25) is 0 Å². The van der Waals surface area contributed by atoms with Gasteiger partial charge in [-0.05, 0) is 24.5 Å². The van der Waals surface area contributed by atoms with Crippen LogP contribution in [-0.2, 0) is 11.2 Å². The van der Waals surface area contributed by atoms with Gasteiger partial charge in [-0.1, -0.05) is 6.07 Å². The Labute approximate surface area is 81.8 Å². The van der Waals surface area contributed by atoms with E-state index in [1.807, 2.05) is 0 Å². The first-order valence-corrected chi connectivity index (χ1v) is 4.19. The number of ether oxygens (including phenoxy) is 1. The van der Waals surface area contributed by atoms with Crippen molar-refractivity contribution in [2.24, 2.45) is 0 Å². The van der Waals surface area contributed by atoms with E-state index in [1.54, 1.807) is 6.07 Å². The highest BCUT2D eigenvalue weighted by Crippen LogP contribution is 2.24. The van der Waals surface area contributed by atoms with Crippen molar-refractivity contribution in [3.63, 3.8) is 0 Å². The molecule has 1 N–H and O–H groups in total. The maximum absolute atomic E-state index is 10.2. The van der Waals surface area contributed by atoms with Crippen LogP contribution in [0.5, 0.6) is 11.5 Å². The van der Waals surface area contributed by atoms with Gasteiger partial charge >= 0.3 is 0 Å². The summed E-state index contributed by atoms with van der Waals surface area (Å²) in [5, 5.41) is 19.4. The maximum Gasteiger partial charge on any atom is 0.125 e. The highest BCUT2D eigenvalue weighted by molar-refractivity contribution is 5.64. The molecule has 0 spiro atoms. The zero-order valence-electron chi connectivity index (χ0n) is 7.82. The van der Waals surface area contributed by atoms with Gasteiger partial charge in [0.1, 0.15) is 11.5 Å². The first-order chi connectivity index (χ1) is 6.63. The lowest BCUT2D eigenvalue weighted by Crippen LogP contribution is -2.22. The van der Waals surface area contributed by atoms with Crippen molar-refractivity contribution < 1.29 is 19.7 Å². The Morgan fingerprint density at radius 3 is 2.86 bits per heavy atom. The van der Waals surface area contributed by atoms with Gasteiger partial charge in [-0.2, -0.15) is 0 Å². The molecule has 0 saturated heterocycles. The van der Waals surface area contributed by atoms with Crippen molar-refractivity contribution in [2.75, 3.05) is 7.11 Å². The van der Waals surface area contributed by atoms with Gasteiger partial charge in [0.05, 0.1) is 7.11 Å². The van der Waals surface area contributed by atoms with Crippen molar-refractivity contribution in [2.45, 2.75) is 12.8 Å². The number of rotatable bonds is 4. The van der Waals surface area contributed by atoms with Gasteiger partial charge in [0, 0.05) is 12.0 Å². The molecule has 4 heteroatoms. The number of carboxylic acids is 1. The second-order valence-corrected chi connectivity index (χ2v) is 2.87. The molecule has 0 heterocycles. The SMILES string of the molecule is COc1cc(O)ccc1CCC(=O)[O-]. The average molecular weight is 195 g/mol. The van der Waals surface area contributed by atoms with E-state index >= 15 is 0 Å². The third-order valence-electron chi connectivity index (χ3n) is 1.87. The molecule has 0 aliphatic heterocycles. The highest BCUT2D eigenvalue weighted by atomic mass is 16.5. The third-order valence-corrected chi connectivity index (χ3v) is 1.87. The van der Waals surface area contributed by atoms with Crippen molar-refractivity contribution in [1.29, 1.82) is 0 Å². The topological polar surface area (TPSA) is 69.6 Å². The van der Waals surface area contributed by atoms with Crippen LogP contribution in [0.3, 0.4) is 0 Å². The molecule has 1 aromatic rings. The molecule has 0 amide bonds. The number of aryl methyl sites for hydroxylation is 1. The lowest BCUT2D eigenvalue weighted by molar-refractivity contribution is -0.305. The minimum atomic E-state index is -1.10. The van der Waals surface area contributed by atoms with Gasteiger partial charge in [-0.25, -0.2) is 0 Å². The summed E-state index contributed by atoms with van der Waals surface area (Å²) in [4.78, 5) is 10.2.